The summed E-state index contributed by atoms with van der Waals surface area (Å²) in [5, 5.41) is 22.2. The first-order valence-electron chi connectivity index (χ1n) is 6.63. The maximum atomic E-state index is 10.2. The van der Waals surface area contributed by atoms with Crippen LogP contribution in [0, 0.1) is 0 Å². The van der Waals surface area contributed by atoms with E-state index in [-0.39, 0.29) is 0 Å². The highest BCUT2D eigenvalue weighted by Gasteiger charge is 2.18. The van der Waals surface area contributed by atoms with Gasteiger partial charge in [0.2, 0.25) is 0 Å². The molecule has 0 radical (unpaired) electrons. The molecule has 0 fully saturated rings. The summed E-state index contributed by atoms with van der Waals surface area (Å²) in [7, 11) is 0. The molecule has 1 aromatic heterocycles. The summed E-state index contributed by atoms with van der Waals surface area (Å²) < 4.78 is 0. The van der Waals surface area contributed by atoms with Crippen LogP contribution in [-0.4, -0.2) is 27.2 Å². The lowest BCUT2D eigenvalue weighted by molar-refractivity contribution is 0.0171. The molecular formula is C16H16ClNO2. The summed E-state index contributed by atoms with van der Waals surface area (Å²) >= 11 is 5.61. The third-order valence-electron chi connectivity index (χ3n) is 3.64. The molecule has 1 heterocycles. The first-order valence-corrected chi connectivity index (χ1v) is 7.16. The van der Waals surface area contributed by atoms with Crippen molar-refractivity contribution in [3.05, 3.63) is 48.0 Å². The summed E-state index contributed by atoms with van der Waals surface area (Å²) in [6.07, 6.45) is -1.38. The third-order valence-corrected chi connectivity index (χ3v) is 3.86. The van der Waals surface area contributed by atoms with Gasteiger partial charge in [-0.3, -0.25) is 0 Å². The van der Waals surface area contributed by atoms with Crippen LogP contribution in [0.5, 0.6) is 0 Å². The van der Waals surface area contributed by atoms with E-state index < -0.39 is 12.2 Å². The highest BCUT2D eigenvalue weighted by atomic mass is 35.5. The van der Waals surface area contributed by atoms with E-state index in [4.69, 9.17) is 11.6 Å². The summed E-state index contributed by atoms with van der Waals surface area (Å²) in [6, 6.07) is 13.7. The van der Waals surface area contributed by atoms with Gasteiger partial charge in [-0.05, 0) is 30.2 Å². The lowest BCUT2D eigenvalue weighted by atomic mass is 10.0. The smallest absolute Gasteiger partial charge is 0.105 e. The van der Waals surface area contributed by atoms with Gasteiger partial charge in [-0.2, -0.15) is 0 Å². The van der Waals surface area contributed by atoms with E-state index in [0.29, 0.717) is 17.9 Å². The van der Waals surface area contributed by atoms with Crippen LogP contribution in [0.2, 0.25) is 0 Å². The molecule has 0 saturated heterocycles. The first kappa shape index (κ1) is 13.4. The van der Waals surface area contributed by atoms with E-state index >= 15 is 0 Å². The Balaban J connectivity index is 2.07. The highest BCUT2D eigenvalue weighted by Crippen LogP contribution is 2.29. The van der Waals surface area contributed by atoms with Crippen molar-refractivity contribution in [3.63, 3.8) is 0 Å². The number of para-hydroxylation sites is 1. The number of halogens is 1. The Bertz CT molecular complexity index is 738. The molecule has 0 saturated carbocycles. The van der Waals surface area contributed by atoms with Gasteiger partial charge in [-0.1, -0.05) is 24.3 Å². The molecule has 0 spiro atoms. The van der Waals surface area contributed by atoms with Gasteiger partial charge in [0.25, 0.3) is 0 Å². The van der Waals surface area contributed by atoms with Gasteiger partial charge in [0, 0.05) is 27.7 Å². The third kappa shape index (κ3) is 2.29. The van der Waals surface area contributed by atoms with Crippen molar-refractivity contribution in [2.45, 2.75) is 18.6 Å². The number of benzene rings is 2. The minimum atomic E-state index is -0.910. The molecule has 3 aromatic rings. The fourth-order valence-corrected chi connectivity index (χ4v) is 2.77. The molecule has 0 bridgehead atoms. The predicted octanol–water partition coefficient (Wildman–Crippen LogP) is 3.34. The summed E-state index contributed by atoms with van der Waals surface area (Å²) in [6.45, 7) is 0. The van der Waals surface area contributed by atoms with Crippen molar-refractivity contribution < 1.29 is 10.2 Å². The molecule has 2 unspecified atom stereocenters. The van der Waals surface area contributed by atoms with Gasteiger partial charge in [0.1, 0.15) is 6.10 Å². The predicted molar refractivity (Wildman–Crippen MR) is 82.1 cm³/mol. The van der Waals surface area contributed by atoms with E-state index in [1.54, 1.807) is 0 Å². The SMILES string of the molecule is OC(CCCl)C(O)c1ccc2[nH]c3ccccc3c2c1. The normalized spacial score (nSPS) is 14.8. The van der Waals surface area contributed by atoms with E-state index in [0.717, 1.165) is 21.8 Å². The van der Waals surface area contributed by atoms with Gasteiger partial charge in [0.05, 0.1) is 6.10 Å². The molecule has 104 valence electrons. The number of aliphatic hydroxyl groups is 2. The number of aromatic amines is 1. The van der Waals surface area contributed by atoms with Gasteiger partial charge < -0.3 is 15.2 Å². The molecule has 20 heavy (non-hydrogen) atoms. The quantitative estimate of drug-likeness (QED) is 0.645. The number of alkyl halides is 1. The van der Waals surface area contributed by atoms with Crippen LogP contribution >= 0.6 is 11.6 Å². The number of fused-ring (bicyclic) bond motifs is 3. The number of hydrogen-bond donors (Lipinski definition) is 3. The lowest BCUT2D eigenvalue weighted by Crippen LogP contribution is -2.18. The molecule has 2 aromatic carbocycles. The lowest BCUT2D eigenvalue weighted by Gasteiger charge is -2.17. The Morgan fingerprint density at radius 2 is 1.75 bits per heavy atom. The molecular weight excluding hydrogens is 274 g/mol. The van der Waals surface area contributed by atoms with E-state index in [1.807, 2.05) is 42.5 Å². The van der Waals surface area contributed by atoms with Gasteiger partial charge in [-0.15, -0.1) is 11.6 Å². The average molecular weight is 290 g/mol. The minimum absolute atomic E-state index is 0.327. The summed E-state index contributed by atoms with van der Waals surface area (Å²) in [4.78, 5) is 3.33. The second-order valence-electron chi connectivity index (χ2n) is 4.97. The van der Waals surface area contributed by atoms with Crippen LogP contribution < -0.4 is 0 Å². The molecule has 0 aliphatic carbocycles. The molecule has 2 atom stereocenters. The number of H-pyrrole nitrogens is 1. The molecule has 4 heteroatoms. The number of nitrogens with one attached hydrogen (secondary N) is 1. The van der Waals surface area contributed by atoms with E-state index in [2.05, 4.69) is 4.98 Å². The fraction of sp³-hybridized carbons (Fsp3) is 0.250. The van der Waals surface area contributed by atoms with Crippen LogP contribution in [0.1, 0.15) is 18.1 Å². The Morgan fingerprint density at radius 3 is 2.55 bits per heavy atom. The largest absolute Gasteiger partial charge is 0.390 e. The van der Waals surface area contributed by atoms with Crippen molar-refractivity contribution in [3.8, 4) is 0 Å². The number of hydrogen-bond acceptors (Lipinski definition) is 2. The Kier molecular flexibility index (Phi) is 3.66. The van der Waals surface area contributed by atoms with Crippen LogP contribution in [0.4, 0.5) is 0 Å². The molecule has 0 amide bonds. The van der Waals surface area contributed by atoms with Gasteiger partial charge >= 0.3 is 0 Å². The zero-order valence-corrected chi connectivity index (χ0v) is 11.6. The van der Waals surface area contributed by atoms with Crippen LogP contribution in [0.25, 0.3) is 21.8 Å². The van der Waals surface area contributed by atoms with E-state index in [1.165, 1.54) is 0 Å². The monoisotopic (exact) mass is 289 g/mol. The maximum absolute atomic E-state index is 10.2. The Morgan fingerprint density at radius 1 is 1.00 bits per heavy atom. The molecule has 0 aliphatic heterocycles. The highest BCUT2D eigenvalue weighted by molar-refractivity contribution is 6.17. The number of rotatable bonds is 4. The number of aromatic nitrogens is 1. The molecule has 0 aliphatic rings. The van der Waals surface area contributed by atoms with Crippen LogP contribution in [0.15, 0.2) is 42.5 Å². The average Bonchev–Trinajstić information content (AvgIpc) is 2.84. The number of aliphatic hydroxyl groups excluding tert-OH is 2. The fourth-order valence-electron chi connectivity index (χ4n) is 2.54. The topological polar surface area (TPSA) is 56.2 Å². The van der Waals surface area contributed by atoms with Crippen molar-refractivity contribution >= 4 is 33.4 Å². The standard InChI is InChI=1S/C16H16ClNO2/c17-8-7-15(19)16(20)10-5-6-14-12(9-10)11-3-1-2-4-13(11)18-14/h1-6,9,15-16,18-20H,7-8H2. The first-order chi connectivity index (χ1) is 9.70. The van der Waals surface area contributed by atoms with Crippen LogP contribution in [0.3, 0.4) is 0 Å². The van der Waals surface area contributed by atoms with Crippen molar-refractivity contribution in [2.75, 3.05) is 5.88 Å². The van der Waals surface area contributed by atoms with Crippen molar-refractivity contribution in [1.29, 1.82) is 0 Å². The van der Waals surface area contributed by atoms with E-state index in [9.17, 15) is 10.2 Å². The zero-order chi connectivity index (χ0) is 14.1. The Hall–Kier alpha value is -1.55. The zero-order valence-electron chi connectivity index (χ0n) is 10.9. The molecule has 3 N–H and O–H groups in total. The molecule has 3 nitrogen and oxygen atoms in total. The second-order valence-corrected chi connectivity index (χ2v) is 5.34. The summed E-state index contributed by atoms with van der Waals surface area (Å²) in [5.41, 5.74) is 2.80. The van der Waals surface area contributed by atoms with Crippen LogP contribution in [-0.2, 0) is 0 Å². The Labute approximate surface area is 121 Å². The van der Waals surface area contributed by atoms with Crippen molar-refractivity contribution in [1.82, 2.24) is 4.98 Å². The molecule has 3 rings (SSSR count). The van der Waals surface area contributed by atoms with Gasteiger partial charge in [0.15, 0.2) is 0 Å². The van der Waals surface area contributed by atoms with Gasteiger partial charge in [-0.25, -0.2) is 0 Å². The summed E-state index contributed by atoms with van der Waals surface area (Å²) in [5.74, 6) is 0.327. The van der Waals surface area contributed by atoms with Crippen molar-refractivity contribution in [2.24, 2.45) is 0 Å². The maximum Gasteiger partial charge on any atom is 0.105 e. The minimum Gasteiger partial charge on any atom is -0.390 e. The second kappa shape index (κ2) is 5.44.